The molecule has 45 heavy (non-hydrogen) atoms. The molecule has 2 aromatic carbocycles. The van der Waals surface area contributed by atoms with Gasteiger partial charge in [0.15, 0.2) is 5.78 Å². The monoisotopic (exact) mass is 664 g/mol. The second kappa shape index (κ2) is 13.9. The number of Topliss-reactive ketones (excluding diaryl/α,β-unsaturated/α-hetero) is 2. The van der Waals surface area contributed by atoms with E-state index in [1.165, 1.54) is 24.3 Å². The fraction of sp³-hybridized carbons (Fsp3) is 0.333. The largest absolute Gasteiger partial charge is 0.487 e. The van der Waals surface area contributed by atoms with E-state index in [4.69, 9.17) is 16.3 Å². The number of aromatic nitrogens is 1. The molecule has 3 rings (SSSR count). The normalized spacial score (nSPS) is 12.3. The van der Waals surface area contributed by atoms with E-state index in [0.717, 1.165) is 32.2 Å². The number of benzene rings is 2. The molecule has 0 unspecified atom stereocenters. The van der Waals surface area contributed by atoms with Crippen molar-refractivity contribution >= 4 is 34.9 Å². The molecule has 1 N–H and O–H groups in total. The van der Waals surface area contributed by atoms with Crippen LogP contribution in [0.5, 0.6) is 5.75 Å². The Morgan fingerprint density at radius 2 is 1.56 bits per heavy atom. The van der Waals surface area contributed by atoms with Gasteiger partial charge in [0.05, 0.1) is 16.1 Å². The summed E-state index contributed by atoms with van der Waals surface area (Å²) in [6.07, 6.45) is -12.6. The first-order chi connectivity index (χ1) is 20.8. The Bertz CT molecular complexity index is 1570. The van der Waals surface area contributed by atoms with Crippen molar-refractivity contribution in [2.45, 2.75) is 51.9 Å². The predicted molar refractivity (Wildman–Crippen MR) is 148 cm³/mol. The second-order valence-corrected chi connectivity index (χ2v) is 10.8. The number of hydrogen-bond donors (Lipinski definition) is 1. The second-order valence-electron chi connectivity index (χ2n) is 10.4. The number of ether oxygens (including phenoxy) is 1. The average molecular weight is 665 g/mol. The van der Waals surface area contributed by atoms with Crippen LogP contribution in [0.25, 0.3) is 0 Å². The molecule has 1 aromatic heterocycles. The lowest BCUT2D eigenvalue weighted by atomic mass is 9.84. The Hall–Kier alpha value is -4.07. The number of nitrogens with zero attached hydrogens (tertiary/aromatic N) is 1. The lowest BCUT2D eigenvalue weighted by Crippen LogP contribution is -2.39. The maximum absolute atomic E-state index is 13.2. The first-order valence-electron chi connectivity index (χ1n) is 13.1. The molecule has 0 aliphatic carbocycles. The fourth-order valence-electron chi connectivity index (χ4n) is 3.95. The summed E-state index contributed by atoms with van der Waals surface area (Å²) in [5.74, 6) is -3.54. The van der Waals surface area contributed by atoms with Crippen LogP contribution in [0.1, 0.15) is 57.7 Å². The van der Waals surface area contributed by atoms with E-state index >= 15 is 0 Å². The molecule has 6 nitrogen and oxygen atoms in total. The molecule has 0 fully saturated rings. The number of pyridine rings is 1. The zero-order chi connectivity index (χ0) is 33.7. The van der Waals surface area contributed by atoms with Crippen molar-refractivity contribution in [2.75, 3.05) is 11.9 Å². The number of hydrogen-bond acceptors (Lipinski definition) is 5. The molecule has 0 radical (unpaired) electrons. The molecular weight excluding hydrogens is 640 g/mol. The SMILES string of the molecule is CC(C)(C(=O)CCc1ccc(Cl)c(C(=O)Cc2ccc(OCC(F)F)c(C(=O)Nc3cc(C(F)(F)F)ccn3)c2)c1)C(F)(F)F. The van der Waals surface area contributed by atoms with Crippen molar-refractivity contribution in [3.05, 3.63) is 87.6 Å². The van der Waals surface area contributed by atoms with Gasteiger partial charge < -0.3 is 10.1 Å². The first-order valence-corrected chi connectivity index (χ1v) is 13.5. The summed E-state index contributed by atoms with van der Waals surface area (Å²) in [6.45, 7) is 0.451. The van der Waals surface area contributed by atoms with Gasteiger partial charge in [0.1, 0.15) is 29.4 Å². The number of amides is 1. The third kappa shape index (κ3) is 9.22. The zero-order valence-corrected chi connectivity index (χ0v) is 24.3. The van der Waals surface area contributed by atoms with Gasteiger partial charge >= 0.3 is 12.4 Å². The molecule has 1 heterocycles. The number of anilines is 1. The number of alkyl halides is 8. The summed E-state index contributed by atoms with van der Waals surface area (Å²) in [6, 6.07) is 8.91. The Kier molecular flexibility index (Phi) is 11.0. The lowest BCUT2D eigenvalue weighted by molar-refractivity contribution is -0.210. The van der Waals surface area contributed by atoms with E-state index in [-0.39, 0.29) is 33.9 Å². The Labute approximate surface area is 256 Å². The van der Waals surface area contributed by atoms with Crippen LogP contribution in [-0.4, -0.2) is 41.7 Å². The summed E-state index contributed by atoms with van der Waals surface area (Å²) >= 11 is 6.19. The summed E-state index contributed by atoms with van der Waals surface area (Å²) in [7, 11) is 0. The quantitative estimate of drug-likeness (QED) is 0.156. The number of halogens is 9. The van der Waals surface area contributed by atoms with E-state index in [2.05, 4.69) is 10.3 Å². The third-order valence-corrected chi connectivity index (χ3v) is 7.05. The summed E-state index contributed by atoms with van der Waals surface area (Å²) in [5, 5.41) is 2.15. The average Bonchev–Trinajstić information content (AvgIpc) is 2.94. The van der Waals surface area contributed by atoms with Gasteiger partial charge in [-0.25, -0.2) is 13.8 Å². The van der Waals surface area contributed by atoms with Crippen molar-refractivity contribution in [1.29, 1.82) is 0 Å². The molecule has 0 spiro atoms. The maximum Gasteiger partial charge on any atom is 0.416 e. The van der Waals surface area contributed by atoms with Crippen molar-refractivity contribution in [1.82, 2.24) is 4.98 Å². The van der Waals surface area contributed by atoms with Crippen molar-refractivity contribution in [3.63, 3.8) is 0 Å². The minimum atomic E-state index is -4.75. The number of carbonyl (C=O) groups excluding carboxylic acids is 3. The van der Waals surface area contributed by atoms with Gasteiger partial charge in [-0.05, 0) is 67.8 Å². The number of aryl methyl sites for hydroxylation is 1. The van der Waals surface area contributed by atoms with Gasteiger partial charge in [-0.3, -0.25) is 14.4 Å². The van der Waals surface area contributed by atoms with Crippen LogP contribution < -0.4 is 10.1 Å². The highest BCUT2D eigenvalue weighted by Crippen LogP contribution is 2.39. The molecule has 3 aromatic rings. The number of nitrogens with one attached hydrogen (secondary N) is 1. The predicted octanol–water partition coefficient (Wildman–Crippen LogP) is 8.17. The van der Waals surface area contributed by atoms with Gasteiger partial charge in [0, 0.05) is 24.6 Å². The van der Waals surface area contributed by atoms with E-state index < -0.39 is 72.5 Å². The van der Waals surface area contributed by atoms with Crippen molar-refractivity contribution in [2.24, 2.45) is 5.41 Å². The van der Waals surface area contributed by atoms with Crippen molar-refractivity contribution in [3.8, 4) is 5.75 Å². The first kappa shape index (κ1) is 35.4. The Morgan fingerprint density at radius 3 is 2.18 bits per heavy atom. The van der Waals surface area contributed by atoms with Gasteiger partial charge in [-0.15, -0.1) is 0 Å². The van der Waals surface area contributed by atoms with Gasteiger partial charge in [0.25, 0.3) is 12.3 Å². The maximum atomic E-state index is 13.2. The molecule has 0 bridgehead atoms. The van der Waals surface area contributed by atoms with Crippen LogP contribution in [0.4, 0.5) is 40.9 Å². The van der Waals surface area contributed by atoms with Crippen LogP contribution in [0.15, 0.2) is 54.7 Å². The highest BCUT2D eigenvalue weighted by Gasteiger charge is 2.51. The van der Waals surface area contributed by atoms with Crippen LogP contribution >= 0.6 is 11.6 Å². The molecular formula is C30H25ClF8N2O4. The smallest absolute Gasteiger partial charge is 0.416 e. The van der Waals surface area contributed by atoms with Crippen LogP contribution in [0.3, 0.4) is 0 Å². The summed E-state index contributed by atoms with van der Waals surface area (Å²) < 4.78 is 109. The highest BCUT2D eigenvalue weighted by atomic mass is 35.5. The van der Waals surface area contributed by atoms with E-state index in [1.54, 1.807) is 0 Å². The topological polar surface area (TPSA) is 85.4 Å². The molecule has 242 valence electrons. The highest BCUT2D eigenvalue weighted by molar-refractivity contribution is 6.34. The van der Waals surface area contributed by atoms with Crippen LogP contribution in [-0.2, 0) is 23.8 Å². The molecule has 0 saturated heterocycles. The minimum Gasteiger partial charge on any atom is -0.487 e. The minimum absolute atomic E-state index is 0.00354. The van der Waals surface area contributed by atoms with Gasteiger partial charge in [-0.2, -0.15) is 26.3 Å². The standard InChI is InChI=1S/C30H25ClF8N2O4/c1-28(2,30(37,38)39)24(43)8-5-16-3-6-21(31)19(11-16)22(42)13-17-4-7-23(45-15-25(32)33)20(12-17)27(44)41-26-14-18(9-10-40-26)29(34,35)36/h3-4,6-7,9-12,14,25H,5,8,13,15H2,1-2H3,(H,40,41,44). The van der Waals surface area contributed by atoms with E-state index in [0.29, 0.717) is 17.7 Å². The van der Waals surface area contributed by atoms with Crippen LogP contribution in [0, 0.1) is 5.41 Å². The number of rotatable bonds is 12. The van der Waals surface area contributed by atoms with E-state index in [9.17, 15) is 49.5 Å². The molecule has 0 atom stereocenters. The molecule has 0 aliphatic heterocycles. The Morgan fingerprint density at radius 1 is 0.911 bits per heavy atom. The molecule has 0 saturated carbocycles. The van der Waals surface area contributed by atoms with Crippen LogP contribution in [0.2, 0.25) is 5.02 Å². The fourth-order valence-corrected chi connectivity index (χ4v) is 4.18. The lowest BCUT2D eigenvalue weighted by Gasteiger charge is -2.26. The van der Waals surface area contributed by atoms with Gasteiger partial charge in [0.2, 0.25) is 0 Å². The van der Waals surface area contributed by atoms with Crippen molar-refractivity contribution < 1.29 is 54.2 Å². The zero-order valence-electron chi connectivity index (χ0n) is 23.6. The Balaban J connectivity index is 1.84. The molecule has 1 amide bonds. The summed E-state index contributed by atoms with van der Waals surface area (Å²) in [5.41, 5.74) is -3.56. The number of carbonyl (C=O) groups is 3. The third-order valence-electron chi connectivity index (χ3n) is 6.72. The van der Waals surface area contributed by atoms with E-state index in [1.807, 2.05) is 0 Å². The molecule has 0 aliphatic rings. The number of ketones is 2. The van der Waals surface area contributed by atoms with Gasteiger partial charge in [-0.1, -0.05) is 23.7 Å². The summed E-state index contributed by atoms with van der Waals surface area (Å²) in [4.78, 5) is 42.1. The molecule has 15 heteroatoms.